The van der Waals surface area contributed by atoms with Crippen molar-refractivity contribution in [2.24, 2.45) is 23.2 Å². The maximum atomic E-state index is 13.3. The topological polar surface area (TPSA) is 96.4 Å². The summed E-state index contributed by atoms with van der Waals surface area (Å²) in [5, 5.41) is 12.9. The third kappa shape index (κ3) is 4.60. The van der Waals surface area contributed by atoms with Crippen molar-refractivity contribution in [1.29, 1.82) is 0 Å². The second-order valence-corrected chi connectivity index (χ2v) is 13.7. The molecule has 0 aliphatic heterocycles. The molecule has 1 aromatic carbocycles. The summed E-state index contributed by atoms with van der Waals surface area (Å²) in [4.78, 5) is 42.6. The number of ketones is 1. The Labute approximate surface area is 231 Å². The van der Waals surface area contributed by atoms with Gasteiger partial charge in [-0.15, -0.1) is 11.3 Å². The molecule has 3 aliphatic rings. The molecule has 5 rings (SSSR count). The van der Waals surface area contributed by atoms with Crippen molar-refractivity contribution in [3.63, 3.8) is 0 Å². The Bertz CT molecular complexity index is 1240. The monoisotopic (exact) mass is 636 g/mol. The van der Waals surface area contributed by atoms with E-state index in [2.05, 4.69) is 55.2 Å². The van der Waals surface area contributed by atoms with Crippen LogP contribution < -0.4 is 5.32 Å². The molecule has 0 bridgehead atoms. The number of rotatable bonds is 6. The van der Waals surface area contributed by atoms with Crippen LogP contribution in [0.1, 0.15) is 72.9 Å². The van der Waals surface area contributed by atoms with Gasteiger partial charge >= 0.3 is 5.97 Å². The number of nitrogens with zero attached hydrogens (tertiary/aromatic N) is 1. The highest BCUT2D eigenvalue weighted by Gasteiger charge is 2.58. The minimum Gasteiger partial charge on any atom is -0.481 e. The third-order valence-electron chi connectivity index (χ3n) is 8.79. The van der Waals surface area contributed by atoms with Crippen LogP contribution in [-0.2, 0) is 27.2 Å². The van der Waals surface area contributed by atoms with Gasteiger partial charge in [-0.1, -0.05) is 38.8 Å². The fraction of sp³-hybridized carbons (Fsp3) is 0.556. The van der Waals surface area contributed by atoms with E-state index in [1.807, 2.05) is 6.92 Å². The van der Waals surface area contributed by atoms with Crippen LogP contribution in [0.3, 0.4) is 0 Å². The number of aliphatic carboxylic acids is 1. The molecule has 1 heterocycles. The number of Topliss-reactive ketones (excluding diaryl/α,β-unsaturated/α-hetero) is 1. The number of carbonyl (C=O) groups excluding carboxylic acids is 2. The van der Waals surface area contributed by atoms with E-state index in [-0.39, 0.29) is 29.6 Å². The Morgan fingerprint density at radius 1 is 1.31 bits per heavy atom. The summed E-state index contributed by atoms with van der Waals surface area (Å²) < 4.78 is 1.74. The predicted molar refractivity (Wildman–Crippen MR) is 146 cm³/mol. The van der Waals surface area contributed by atoms with Crippen LogP contribution in [0.4, 0.5) is 5.13 Å². The lowest BCUT2D eigenvalue weighted by molar-refractivity contribution is -0.136. The van der Waals surface area contributed by atoms with E-state index in [9.17, 15) is 19.5 Å². The molecule has 0 radical (unpaired) electrons. The summed E-state index contributed by atoms with van der Waals surface area (Å²) in [5.74, 6) is 0.685. The Balaban J connectivity index is 1.37. The SMILES string of the molecule is Cc1cnc(NC(=O)CC[C@@H]2CC(=O)[C@@]3(C)CCC4c5cc(Br)c(CC(=O)O)c(Br)c5CCC4C23)s1. The van der Waals surface area contributed by atoms with Crippen molar-refractivity contribution in [2.45, 2.75) is 71.1 Å². The number of fused-ring (bicyclic) bond motifs is 5. The van der Waals surface area contributed by atoms with E-state index < -0.39 is 5.97 Å². The quantitative estimate of drug-likeness (QED) is 0.369. The smallest absolute Gasteiger partial charge is 0.307 e. The van der Waals surface area contributed by atoms with Gasteiger partial charge in [-0.3, -0.25) is 14.4 Å². The van der Waals surface area contributed by atoms with Crippen LogP contribution in [0.25, 0.3) is 0 Å². The number of carboxylic acids is 1. The van der Waals surface area contributed by atoms with Gasteiger partial charge in [-0.25, -0.2) is 4.98 Å². The number of nitrogens with one attached hydrogen (secondary N) is 1. The van der Waals surface area contributed by atoms with Gasteiger partial charge in [0.2, 0.25) is 5.91 Å². The second-order valence-electron chi connectivity index (χ2n) is 10.8. The highest BCUT2D eigenvalue weighted by atomic mass is 79.9. The molecule has 1 aromatic heterocycles. The van der Waals surface area contributed by atoms with Gasteiger partial charge in [0, 0.05) is 38.3 Å². The largest absolute Gasteiger partial charge is 0.481 e. The lowest BCUT2D eigenvalue weighted by Gasteiger charge is -2.50. The fourth-order valence-electron chi connectivity index (χ4n) is 7.25. The second kappa shape index (κ2) is 9.95. The molecule has 192 valence electrons. The molecular weight excluding hydrogens is 608 g/mol. The average Bonchev–Trinajstić information content (AvgIpc) is 3.34. The zero-order valence-electron chi connectivity index (χ0n) is 20.4. The lowest BCUT2D eigenvalue weighted by Crippen LogP contribution is -2.44. The fourth-order valence-corrected chi connectivity index (χ4v) is 9.56. The number of aryl methyl sites for hydroxylation is 1. The number of halogens is 2. The van der Waals surface area contributed by atoms with E-state index in [0.717, 1.165) is 45.1 Å². The highest BCUT2D eigenvalue weighted by Crippen LogP contribution is 2.62. The Morgan fingerprint density at radius 3 is 2.78 bits per heavy atom. The zero-order valence-corrected chi connectivity index (χ0v) is 24.4. The summed E-state index contributed by atoms with van der Waals surface area (Å²) in [6, 6.07) is 2.13. The van der Waals surface area contributed by atoms with Gasteiger partial charge in [-0.05, 0) is 85.5 Å². The first-order chi connectivity index (χ1) is 17.1. The summed E-state index contributed by atoms with van der Waals surface area (Å²) in [7, 11) is 0. The number of carbonyl (C=O) groups is 3. The normalized spacial score (nSPS) is 28.8. The average molecular weight is 638 g/mol. The number of anilines is 1. The number of hydrogen-bond donors (Lipinski definition) is 2. The summed E-state index contributed by atoms with van der Waals surface area (Å²) in [5.41, 5.74) is 2.98. The van der Waals surface area contributed by atoms with E-state index in [4.69, 9.17) is 0 Å². The summed E-state index contributed by atoms with van der Waals surface area (Å²) in [6.07, 6.45) is 7.08. The standard InChI is InChI=1S/C27H30Br2N2O4S/c1-13-12-30-26(36-13)31-22(33)6-3-14-9-21(32)27(2)8-7-15-16(24(14)27)4-5-17-18(15)10-20(28)19(25(17)29)11-23(34)35/h10,12,14-16,24H,3-9,11H2,1-2H3,(H,34,35)(H,30,31,33)/t14-,15?,16?,24?,27-/m1/s1. The van der Waals surface area contributed by atoms with Crippen molar-refractivity contribution in [3.8, 4) is 0 Å². The molecule has 3 unspecified atom stereocenters. The Morgan fingerprint density at radius 2 is 2.08 bits per heavy atom. The predicted octanol–water partition coefficient (Wildman–Crippen LogP) is 6.67. The number of carboxylic acid groups (broad SMARTS) is 1. The number of amides is 1. The first kappa shape index (κ1) is 26.0. The summed E-state index contributed by atoms with van der Waals surface area (Å²) >= 11 is 8.83. The number of hydrogen-bond acceptors (Lipinski definition) is 5. The van der Waals surface area contributed by atoms with Gasteiger partial charge < -0.3 is 10.4 Å². The number of benzene rings is 1. The molecular formula is C27H30Br2N2O4S. The Hall–Kier alpha value is -1.58. The molecule has 5 atom stereocenters. The van der Waals surface area contributed by atoms with E-state index in [0.29, 0.717) is 42.0 Å². The molecule has 1 amide bonds. The van der Waals surface area contributed by atoms with Gasteiger partial charge in [-0.2, -0.15) is 0 Å². The van der Waals surface area contributed by atoms with E-state index in [1.165, 1.54) is 22.5 Å². The van der Waals surface area contributed by atoms with Crippen molar-refractivity contribution < 1.29 is 19.5 Å². The molecule has 2 saturated carbocycles. The Kier molecular flexibility index (Phi) is 7.20. The van der Waals surface area contributed by atoms with Crippen LogP contribution in [-0.4, -0.2) is 27.8 Å². The van der Waals surface area contributed by atoms with Gasteiger partial charge in [0.1, 0.15) is 5.78 Å². The highest BCUT2D eigenvalue weighted by molar-refractivity contribution is 9.11. The molecule has 2 N–H and O–H groups in total. The minimum atomic E-state index is -0.847. The van der Waals surface area contributed by atoms with Gasteiger partial charge in [0.25, 0.3) is 0 Å². The minimum absolute atomic E-state index is 0.0254. The lowest BCUT2D eigenvalue weighted by atomic mass is 9.54. The van der Waals surface area contributed by atoms with Crippen LogP contribution in [0, 0.1) is 30.1 Å². The molecule has 2 aromatic rings. The maximum Gasteiger partial charge on any atom is 0.307 e. The van der Waals surface area contributed by atoms with E-state index >= 15 is 0 Å². The molecule has 36 heavy (non-hydrogen) atoms. The maximum absolute atomic E-state index is 13.3. The van der Waals surface area contributed by atoms with Crippen molar-refractivity contribution in [2.75, 3.05) is 5.32 Å². The van der Waals surface area contributed by atoms with Crippen LogP contribution in [0.2, 0.25) is 0 Å². The number of aromatic nitrogens is 1. The molecule has 9 heteroatoms. The first-order valence-electron chi connectivity index (χ1n) is 12.6. The molecule has 3 aliphatic carbocycles. The van der Waals surface area contributed by atoms with Gasteiger partial charge in [0.05, 0.1) is 6.42 Å². The number of thiazole rings is 1. The molecule has 6 nitrogen and oxygen atoms in total. The van der Waals surface area contributed by atoms with Crippen molar-refractivity contribution in [1.82, 2.24) is 4.98 Å². The molecule has 0 spiro atoms. The van der Waals surface area contributed by atoms with E-state index in [1.54, 1.807) is 6.20 Å². The molecule has 0 saturated heterocycles. The zero-order chi connectivity index (χ0) is 25.8. The van der Waals surface area contributed by atoms with Crippen molar-refractivity contribution in [3.05, 3.63) is 42.8 Å². The van der Waals surface area contributed by atoms with Crippen molar-refractivity contribution >= 4 is 66.0 Å². The summed E-state index contributed by atoms with van der Waals surface area (Å²) in [6.45, 7) is 4.12. The third-order valence-corrected chi connectivity index (χ3v) is 11.3. The van der Waals surface area contributed by atoms with Gasteiger partial charge in [0.15, 0.2) is 5.13 Å². The first-order valence-corrected chi connectivity index (χ1v) is 15.0. The van der Waals surface area contributed by atoms with Crippen LogP contribution in [0.15, 0.2) is 21.2 Å². The van der Waals surface area contributed by atoms with Crippen LogP contribution in [0.5, 0.6) is 0 Å². The van der Waals surface area contributed by atoms with Crippen LogP contribution >= 0.6 is 43.2 Å². The molecule has 2 fully saturated rings.